The van der Waals surface area contributed by atoms with E-state index in [9.17, 15) is 9.59 Å². The number of unbranched alkanes of at least 4 members (excludes halogenated alkanes) is 12. The third-order valence-corrected chi connectivity index (χ3v) is 5.50. The Kier molecular flexibility index (Phi) is 19.4. The van der Waals surface area contributed by atoms with Gasteiger partial charge in [-0.2, -0.15) is 0 Å². The van der Waals surface area contributed by atoms with E-state index in [1.54, 1.807) is 0 Å². The van der Waals surface area contributed by atoms with Crippen molar-refractivity contribution in [3.05, 3.63) is 0 Å². The summed E-state index contributed by atoms with van der Waals surface area (Å²) in [6, 6.07) is 0. The Morgan fingerprint density at radius 3 is 1.45 bits per heavy atom. The lowest BCUT2D eigenvalue weighted by molar-refractivity contribution is -0.133. The number of amides is 2. The Bertz CT molecular complexity index is 400. The van der Waals surface area contributed by atoms with Crippen molar-refractivity contribution in [2.24, 2.45) is 5.73 Å². The molecule has 5 nitrogen and oxygen atoms in total. The van der Waals surface area contributed by atoms with Crippen LogP contribution in [0.25, 0.3) is 0 Å². The highest BCUT2D eigenvalue weighted by Crippen LogP contribution is 2.12. The van der Waals surface area contributed by atoms with Crippen LogP contribution in [0, 0.1) is 0 Å². The zero-order chi connectivity index (χ0) is 21.7. The van der Waals surface area contributed by atoms with Crippen molar-refractivity contribution in [2.45, 2.75) is 110 Å². The highest BCUT2D eigenvalue weighted by atomic mass is 16.2. The number of hydrogen-bond donors (Lipinski definition) is 1. The second-order valence-corrected chi connectivity index (χ2v) is 8.75. The molecule has 29 heavy (non-hydrogen) atoms. The molecule has 0 rings (SSSR count). The molecule has 0 aliphatic heterocycles. The normalized spacial score (nSPS) is 11.2. The van der Waals surface area contributed by atoms with Crippen LogP contribution in [0.1, 0.15) is 110 Å². The molecule has 0 fully saturated rings. The number of nitrogens with two attached hydrogens (primary N) is 1. The number of carbonyl (C=O) groups is 2. The van der Waals surface area contributed by atoms with Crippen molar-refractivity contribution in [3.8, 4) is 0 Å². The first-order valence-corrected chi connectivity index (χ1v) is 12.2. The van der Waals surface area contributed by atoms with Gasteiger partial charge in [0.1, 0.15) is 0 Å². The van der Waals surface area contributed by atoms with E-state index in [4.69, 9.17) is 5.73 Å². The monoisotopic (exact) mass is 411 g/mol. The van der Waals surface area contributed by atoms with Crippen LogP contribution >= 0.6 is 0 Å². The van der Waals surface area contributed by atoms with Crippen molar-refractivity contribution in [3.63, 3.8) is 0 Å². The van der Waals surface area contributed by atoms with Gasteiger partial charge >= 0.3 is 0 Å². The summed E-state index contributed by atoms with van der Waals surface area (Å²) in [5.74, 6) is -0.297. The van der Waals surface area contributed by atoms with E-state index < -0.39 is 0 Å². The third-order valence-electron chi connectivity index (χ3n) is 5.50. The molecule has 2 N–H and O–H groups in total. The number of rotatable bonds is 21. The lowest BCUT2D eigenvalue weighted by atomic mass is 10.1. The number of primary amides is 1. The average molecular weight is 412 g/mol. The first-order chi connectivity index (χ1) is 14.0. The van der Waals surface area contributed by atoms with Crippen molar-refractivity contribution in [1.82, 2.24) is 9.80 Å². The standard InChI is InChI=1S/C24H49N3O2/c1-4-5-6-7-8-9-10-11-12-16-21-27(24(29)19-18-23(25)28)22-17-14-13-15-20-26(2)3/h4-22H2,1-3H3,(H2,25,28). The first-order valence-electron chi connectivity index (χ1n) is 12.2. The lowest BCUT2D eigenvalue weighted by Crippen LogP contribution is -2.33. The van der Waals surface area contributed by atoms with Gasteiger partial charge in [0, 0.05) is 25.9 Å². The van der Waals surface area contributed by atoms with E-state index in [1.165, 1.54) is 70.6 Å². The van der Waals surface area contributed by atoms with E-state index in [-0.39, 0.29) is 24.7 Å². The molecule has 0 unspecified atom stereocenters. The van der Waals surface area contributed by atoms with Crippen LogP contribution in [0.2, 0.25) is 0 Å². The number of carbonyl (C=O) groups excluding carboxylic acids is 2. The highest BCUT2D eigenvalue weighted by molar-refractivity contribution is 5.82. The molecule has 0 saturated carbocycles. The van der Waals surface area contributed by atoms with Gasteiger partial charge in [-0.1, -0.05) is 77.6 Å². The molecule has 172 valence electrons. The van der Waals surface area contributed by atoms with Crippen molar-refractivity contribution < 1.29 is 9.59 Å². The second-order valence-electron chi connectivity index (χ2n) is 8.75. The molecule has 5 heteroatoms. The van der Waals surface area contributed by atoms with Gasteiger partial charge in [-0.25, -0.2) is 0 Å². The summed E-state index contributed by atoms with van der Waals surface area (Å²) in [5, 5.41) is 0. The topological polar surface area (TPSA) is 66.6 Å². The second kappa shape index (κ2) is 20.2. The van der Waals surface area contributed by atoms with Gasteiger partial charge in [-0.15, -0.1) is 0 Å². The van der Waals surface area contributed by atoms with Crippen LogP contribution in [-0.4, -0.2) is 55.3 Å². The van der Waals surface area contributed by atoms with Crippen LogP contribution in [0.3, 0.4) is 0 Å². The average Bonchev–Trinajstić information content (AvgIpc) is 2.68. The zero-order valence-electron chi connectivity index (χ0n) is 19.7. The quantitative estimate of drug-likeness (QED) is 0.266. The predicted octanol–water partition coefficient (Wildman–Crippen LogP) is 5.12. The Labute approximate surface area is 180 Å². The molecule has 2 amide bonds. The van der Waals surface area contributed by atoms with Gasteiger partial charge in [-0.05, 0) is 39.9 Å². The maximum Gasteiger partial charge on any atom is 0.223 e. The lowest BCUT2D eigenvalue weighted by Gasteiger charge is -2.23. The van der Waals surface area contributed by atoms with Gasteiger partial charge in [0.05, 0.1) is 0 Å². The number of nitrogens with zero attached hydrogens (tertiary/aromatic N) is 2. The van der Waals surface area contributed by atoms with Gasteiger partial charge in [0.15, 0.2) is 0 Å². The fraction of sp³-hybridized carbons (Fsp3) is 0.917. The molecular formula is C24H49N3O2. The van der Waals surface area contributed by atoms with Crippen LogP contribution in [0.5, 0.6) is 0 Å². The summed E-state index contributed by atoms with van der Waals surface area (Å²) in [5.41, 5.74) is 5.21. The Morgan fingerprint density at radius 2 is 1.03 bits per heavy atom. The summed E-state index contributed by atoms with van der Waals surface area (Å²) >= 11 is 0. The van der Waals surface area contributed by atoms with Crippen molar-refractivity contribution in [2.75, 3.05) is 33.7 Å². The minimum atomic E-state index is -0.388. The van der Waals surface area contributed by atoms with Crippen molar-refractivity contribution >= 4 is 11.8 Å². The molecule has 0 spiro atoms. The van der Waals surface area contributed by atoms with E-state index in [0.717, 1.165) is 38.9 Å². The molecule has 0 saturated heterocycles. The Morgan fingerprint density at radius 1 is 0.621 bits per heavy atom. The maximum atomic E-state index is 12.5. The fourth-order valence-corrected chi connectivity index (χ4v) is 3.62. The van der Waals surface area contributed by atoms with Crippen molar-refractivity contribution in [1.29, 1.82) is 0 Å². The SMILES string of the molecule is CCCCCCCCCCCCN(CCCCCCN(C)C)C(=O)CCC(N)=O. The summed E-state index contributed by atoms with van der Waals surface area (Å²) in [7, 11) is 4.21. The summed E-state index contributed by atoms with van der Waals surface area (Å²) < 4.78 is 0. The molecule has 0 aliphatic carbocycles. The summed E-state index contributed by atoms with van der Waals surface area (Å²) in [4.78, 5) is 27.6. The fourth-order valence-electron chi connectivity index (χ4n) is 3.62. The first kappa shape index (κ1) is 27.9. The van der Waals surface area contributed by atoms with Gasteiger partial charge in [-0.3, -0.25) is 9.59 Å². The minimum absolute atomic E-state index is 0.0908. The molecule has 0 radical (unpaired) electrons. The molecule has 0 heterocycles. The Balaban J connectivity index is 3.96. The van der Waals surface area contributed by atoms with Gasteiger partial charge < -0.3 is 15.5 Å². The summed E-state index contributed by atoms with van der Waals surface area (Å²) in [6.45, 7) is 5.02. The van der Waals surface area contributed by atoms with E-state index in [2.05, 4.69) is 25.9 Å². The van der Waals surface area contributed by atoms with E-state index in [1.807, 2.05) is 4.90 Å². The minimum Gasteiger partial charge on any atom is -0.370 e. The van der Waals surface area contributed by atoms with E-state index >= 15 is 0 Å². The molecular weight excluding hydrogens is 362 g/mol. The largest absolute Gasteiger partial charge is 0.370 e. The maximum absolute atomic E-state index is 12.5. The van der Waals surface area contributed by atoms with Gasteiger partial charge in [0.25, 0.3) is 0 Å². The highest BCUT2D eigenvalue weighted by Gasteiger charge is 2.13. The van der Waals surface area contributed by atoms with Gasteiger partial charge in [0.2, 0.25) is 11.8 Å². The molecule has 0 atom stereocenters. The van der Waals surface area contributed by atoms with Crippen LogP contribution in [0.4, 0.5) is 0 Å². The third kappa shape index (κ3) is 20.0. The summed E-state index contributed by atoms with van der Waals surface area (Å²) in [6.07, 6.45) is 18.0. The molecule has 0 aromatic rings. The smallest absolute Gasteiger partial charge is 0.223 e. The van der Waals surface area contributed by atoms with Crippen LogP contribution in [-0.2, 0) is 9.59 Å². The zero-order valence-corrected chi connectivity index (χ0v) is 19.7. The van der Waals surface area contributed by atoms with Crippen LogP contribution in [0.15, 0.2) is 0 Å². The predicted molar refractivity (Wildman–Crippen MR) is 124 cm³/mol. The molecule has 0 aliphatic rings. The molecule has 0 aromatic heterocycles. The molecule has 0 aromatic carbocycles. The Hall–Kier alpha value is -1.10. The van der Waals surface area contributed by atoms with E-state index in [0.29, 0.717) is 0 Å². The van der Waals surface area contributed by atoms with Crippen LogP contribution < -0.4 is 5.73 Å². The number of hydrogen-bond acceptors (Lipinski definition) is 3. The molecule has 0 bridgehead atoms.